The fraction of sp³-hybridized carbons (Fsp3) is 0.625. The maximum atomic E-state index is 2.37. The van der Waals surface area contributed by atoms with E-state index in [9.17, 15) is 0 Å². The summed E-state index contributed by atoms with van der Waals surface area (Å²) in [6, 6.07) is 9.41. The van der Waals surface area contributed by atoms with Gasteiger partial charge in [-0.1, -0.05) is 44.0 Å². The molecule has 1 aromatic carbocycles. The topological polar surface area (TPSA) is 0 Å². The zero-order valence-electron chi connectivity index (χ0n) is 10.3. The van der Waals surface area contributed by atoms with Crippen LogP contribution >= 0.6 is 0 Å². The second-order valence-corrected chi connectivity index (χ2v) is 5.90. The van der Waals surface area contributed by atoms with Crippen LogP contribution < -0.4 is 0 Å². The molecule has 0 spiro atoms. The highest BCUT2D eigenvalue weighted by Gasteiger charge is 2.55. The Balaban J connectivity index is 1.67. The van der Waals surface area contributed by atoms with Gasteiger partial charge in [-0.15, -0.1) is 0 Å². The Morgan fingerprint density at radius 2 is 1.94 bits per heavy atom. The molecule has 0 radical (unpaired) electrons. The third kappa shape index (κ3) is 1.79. The predicted molar refractivity (Wildman–Crippen MR) is 68.5 cm³/mol. The van der Waals surface area contributed by atoms with Gasteiger partial charge in [0.05, 0.1) is 0 Å². The number of rotatable bonds is 4. The van der Waals surface area contributed by atoms with Crippen molar-refractivity contribution in [2.45, 2.75) is 51.9 Å². The Morgan fingerprint density at radius 1 is 1.19 bits per heavy atom. The van der Waals surface area contributed by atoms with Gasteiger partial charge in [0, 0.05) is 0 Å². The van der Waals surface area contributed by atoms with Crippen LogP contribution in [0.4, 0.5) is 0 Å². The van der Waals surface area contributed by atoms with Gasteiger partial charge in [0.15, 0.2) is 0 Å². The molecule has 2 aliphatic rings. The Labute approximate surface area is 99.1 Å². The molecular weight excluding hydrogens is 192 g/mol. The number of fused-ring (bicyclic) bond motifs is 1. The highest BCUT2D eigenvalue weighted by molar-refractivity contribution is 5.26. The van der Waals surface area contributed by atoms with E-state index in [0.29, 0.717) is 0 Å². The van der Waals surface area contributed by atoms with Crippen LogP contribution in [0.3, 0.4) is 0 Å². The zero-order valence-corrected chi connectivity index (χ0v) is 10.3. The molecule has 0 bridgehead atoms. The maximum absolute atomic E-state index is 2.37. The maximum Gasteiger partial charge on any atom is -0.0219 e. The van der Waals surface area contributed by atoms with Crippen molar-refractivity contribution < 1.29 is 0 Å². The number of hydrogen-bond donors (Lipinski definition) is 0. The average molecular weight is 214 g/mol. The molecule has 3 rings (SSSR count). The summed E-state index contributed by atoms with van der Waals surface area (Å²) in [4.78, 5) is 0. The number of aryl methyl sites for hydroxylation is 1. The quantitative estimate of drug-likeness (QED) is 0.698. The molecule has 0 nitrogen and oxygen atoms in total. The third-order valence-corrected chi connectivity index (χ3v) is 4.70. The molecule has 2 fully saturated rings. The third-order valence-electron chi connectivity index (χ3n) is 4.70. The molecule has 2 saturated carbocycles. The largest absolute Gasteiger partial charge is 0.0651 e. The Bertz CT molecular complexity index is 362. The molecule has 0 aromatic heterocycles. The summed E-state index contributed by atoms with van der Waals surface area (Å²) in [5.74, 6) is 1.09. The zero-order chi connectivity index (χ0) is 11.0. The van der Waals surface area contributed by atoms with Gasteiger partial charge in [0.2, 0.25) is 0 Å². The Hall–Kier alpha value is -0.780. The van der Waals surface area contributed by atoms with E-state index in [1.165, 1.54) is 50.5 Å². The lowest BCUT2D eigenvalue weighted by atomic mass is 9.93. The first kappa shape index (κ1) is 10.4. The van der Waals surface area contributed by atoms with Crippen LogP contribution in [0, 0.1) is 11.3 Å². The van der Waals surface area contributed by atoms with Gasteiger partial charge in [0.1, 0.15) is 0 Å². The van der Waals surface area contributed by atoms with Gasteiger partial charge in [-0.3, -0.25) is 0 Å². The van der Waals surface area contributed by atoms with Crippen molar-refractivity contribution >= 4 is 0 Å². The van der Waals surface area contributed by atoms with Gasteiger partial charge in [-0.2, -0.15) is 0 Å². The molecule has 0 amide bonds. The molecule has 2 atom stereocenters. The fourth-order valence-electron chi connectivity index (χ4n) is 3.67. The SMILES string of the molecule is CCCc1ccc(CC23CCCC2C3)cc1. The molecule has 0 heterocycles. The average Bonchev–Trinajstić information content (AvgIpc) is 2.83. The molecule has 0 aliphatic heterocycles. The molecule has 16 heavy (non-hydrogen) atoms. The minimum atomic E-state index is 0.756. The van der Waals surface area contributed by atoms with E-state index in [4.69, 9.17) is 0 Å². The molecule has 2 unspecified atom stereocenters. The first-order valence-corrected chi connectivity index (χ1v) is 6.90. The number of hydrogen-bond acceptors (Lipinski definition) is 0. The van der Waals surface area contributed by atoms with Gasteiger partial charge >= 0.3 is 0 Å². The Kier molecular flexibility index (Phi) is 2.53. The molecule has 0 heteroatoms. The van der Waals surface area contributed by atoms with Crippen LogP contribution in [0.2, 0.25) is 0 Å². The summed E-state index contributed by atoms with van der Waals surface area (Å²) in [6.07, 6.45) is 9.84. The number of benzene rings is 1. The van der Waals surface area contributed by atoms with Crippen molar-refractivity contribution in [3.8, 4) is 0 Å². The highest BCUT2D eigenvalue weighted by atomic mass is 14.6. The van der Waals surface area contributed by atoms with E-state index in [1.807, 2.05) is 0 Å². The van der Waals surface area contributed by atoms with Gasteiger partial charge < -0.3 is 0 Å². The van der Waals surface area contributed by atoms with Gasteiger partial charge in [-0.25, -0.2) is 0 Å². The van der Waals surface area contributed by atoms with Crippen molar-refractivity contribution in [2.24, 2.45) is 11.3 Å². The second-order valence-electron chi connectivity index (χ2n) is 5.90. The summed E-state index contributed by atoms with van der Waals surface area (Å²) in [6.45, 7) is 2.25. The molecular formula is C16H22. The summed E-state index contributed by atoms with van der Waals surface area (Å²) in [7, 11) is 0. The first-order chi connectivity index (χ1) is 7.82. The molecule has 1 aromatic rings. The van der Waals surface area contributed by atoms with Gasteiger partial charge in [-0.05, 0) is 54.6 Å². The minimum Gasteiger partial charge on any atom is -0.0651 e. The summed E-state index contributed by atoms with van der Waals surface area (Å²) < 4.78 is 0. The highest BCUT2D eigenvalue weighted by Crippen LogP contribution is 2.64. The van der Waals surface area contributed by atoms with E-state index in [0.717, 1.165) is 11.3 Å². The summed E-state index contributed by atoms with van der Waals surface area (Å²) >= 11 is 0. The van der Waals surface area contributed by atoms with Crippen LogP contribution in [0.5, 0.6) is 0 Å². The summed E-state index contributed by atoms with van der Waals surface area (Å²) in [5, 5.41) is 0. The van der Waals surface area contributed by atoms with Gasteiger partial charge in [0.25, 0.3) is 0 Å². The predicted octanol–water partition coefficient (Wildman–Crippen LogP) is 4.37. The lowest BCUT2D eigenvalue weighted by molar-refractivity contribution is 0.484. The first-order valence-electron chi connectivity index (χ1n) is 6.90. The van der Waals surface area contributed by atoms with Crippen LogP contribution in [0.1, 0.15) is 50.2 Å². The van der Waals surface area contributed by atoms with E-state index in [2.05, 4.69) is 31.2 Å². The van der Waals surface area contributed by atoms with Crippen LogP contribution in [0.15, 0.2) is 24.3 Å². The minimum absolute atomic E-state index is 0.756. The van der Waals surface area contributed by atoms with Crippen molar-refractivity contribution in [1.82, 2.24) is 0 Å². The molecule has 86 valence electrons. The van der Waals surface area contributed by atoms with E-state index in [-0.39, 0.29) is 0 Å². The smallest absolute Gasteiger partial charge is 0.0219 e. The van der Waals surface area contributed by atoms with Crippen molar-refractivity contribution in [2.75, 3.05) is 0 Å². The van der Waals surface area contributed by atoms with Crippen LogP contribution in [-0.2, 0) is 12.8 Å². The normalized spacial score (nSPS) is 31.4. The van der Waals surface area contributed by atoms with E-state index in [1.54, 1.807) is 5.56 Å². The lowest BCUT2D eigenvalue weighted by Gasteiger charge is -2.12. The molecule has 0 saturated heterocycles. The standard InChI is InChI=1S/C16H22/c1-2-4-13-6-8-14(9-7-13)11-16-10-3-5-15(16)12-16/h6-9,15H,2-5,10-12H2,1H3. The second kappa shape index (κ2) is 3.91. The van der Waals surface area contributed by atoms with Crippen molar-refractivity contribution in [1.29, 1.82) is 0 Å². The lowest BCUT2D eigenvalue weighted by Crippen LogP contribution is -2.03. The Morgan fingerprint density at radius 3 is 2.50 bits per heavy atom. The van der Waals surface area contributed by atoms with Crippen molar-refractivity contribution in [3.63, 3.8) is 0 Å². The van der Waals surface area contributed by atoms with E-state index < -0.39 is 0 Å². The van der Waals surface area contributed by atoms with Crippen LogP contribution in [-0.4, -0.2) is 0 Å². The fourth-order valence-corrected chi connectivity index (χ4v) is 3.67. The van der Waals surface area contributed by atoms with Crippen molar-refractivity contribution in [3.05, 3.63) is 35.4 Å². The molecule has 2 aliphatic carbocycles. The monoisotopic (exact) mass is 214 g/mol. The summed E-state index contributed by atoms with van der Waals surface area (Å²) in [5.41, 5.74) is 3.83. The van der Waals surface area contributed by atoms with Crippen LogP contribution in [0.25, 0.3) is 0 Å². The molecule has 0 N–H and O–H groups in total. The van der Waals surface area contributed by atoms with E-state index >= 15 is 0 Å².